The van der Waals surface area contributed by atoms with E-state index in [1.54, 1.807) is 37.7 Å². The number of imidazole rings is 1. The summed E-state index contributed by atoms with van der Waals surface area (Å²) < 4.78 is 25.7. The first-order valence-electron chi connectivity index (χ1n) is 5.68. The molecule has 0 spiro atoms. The van der Waals surface area contributed by atoms with Gasteiger partial charge in [-0.1, -0.05) is 13.8 Å². The fourth-order valence-corrected chi connectivity index (χ4v) is 3.69. The third kappa shape index (κ3) is 3.32. The van der Waals surface area contributed by atoms with Gasteiger partial charge in [0.15, 0.2) is 15.1 Å². The number of carboxylic acid groups (broad SMARTS) is 1. The molecule has 1 N–H and O–H groups in total. The van der Waals surface area contributed by atoms with E-state index in [1.165, 1.54) is 0 Å². The van der Waals surface area contributed by atoms with Gasteiger partial charge in [-0.25, -0.2) is 13.4 Å². The number of aliphatic carboxylic acids is 1. The van der Waals surface area contributed by atoms with Gasteiger partial charge in [-0.2, -0.15) is 0 Å². The SMILES string of the molecule is Cc1nccn1CCS(=O)(=O)C(C(=O)O)C(C)C. The second kappa shape index (κ2) is 5.51. The molecule has 0 saturated carbocycles. The Morgan fingerprint density at radius 1 is 1.50 bits per heavy atom. The summed E-state index contributed by atoms with van der Waals surface area (Å²) in [5.74, 6) is -1.22. The molecule has 1 aromatic rings. The van der Waals surface area contributed by atoms with Crippen molar-refractivity contribution in [3.63, 3.8) is 0 Å². The summed E-state index contributed by atoms with van der Waals surface area (Å²) in [6.07, 6.45) is 3.26. The van der Waals surface area contributed by atoms with Crippen LogP contribution in [0.25, 0.3) is 0 Å². The first-order chi connectivity index (χ1) is 8.25. The lowest BCUT2D eigenvalue weighted by Crippen LogP contribution is -2.37. The number of aryl methyl sites for hydroxylation is 2. The Morgan fingerprint density at radius 2 is 2.11 bits per heavy atom. The number of carboxylic acids is 1. The summed E-state index contributed by atoms with van der Waals surface area (Å²) in [5, 5.41) is 7.65. The molecule has 18 heavy (non-hydrogen) atoms. The normalized spacial score (nSPS) is 13.8. The minimum atomic E-state index is -3.66. The molecule has 0 aliphatic heterocycles. The van der Waals surface area contributed by atoms with Gasteiger partial charge in [-0.3, -0.25) is 4.79 Å². The topological polar surface area (TPSA) is 89.3 Å². The maximum Gasteiger partial charge on any atom is 0.322 e. The molecule has 0 radical (unpaired) electrons. The maximum absolute atomic E-state index is 12.0. The summed E-state index contributed by atoms with van der Waals surface area (Å²) >= 11 is 0. The first kappa shape index (κ1) is 14.7. The minimum absolute atomic E-state index is 0.195. The number of nitrogens with zero attached hydrogens (tertiary/aromatic N) is 2. The van der Waals surface area contributed by atoms with Crippen molar-refractivity contribution in [2.24, 2.45) is 5.92 Å². The zero-order valence-electron chi connectivity index (χ0n) is 10.7. The van der Waals surface area contributed by atoms with Gasteiger partial charge in [0.1, 0.15) is 5.82 Å². The summed E-state index contributed by atoms with van der Waals surface area (Å²) in [5.41, 5.74) is 0. The molecule has 1 unspecified atom stereocenters. The van der Waals surface area contributed by atoms with Crippen molar-refractivity contribution >= 4 is 15.8 Å². The number of hydrogen-bond donors (Lipinski definition) is 1. The second-order valence-electron chi connectivity index (χ2n) is 4.54. The van der Waals surface area contributed by atoms with E-state index in [1.807, 2.05) is 0 Å². The van der Waals surface area contributed by atoms with Crippen LogP contribution in [0.1, 0.15) is 19.7 Å². The highest BCUT2D eigenvalue weighted by atomic mass is 32.2. The van der Waals surface area contributed by atoms with Crippen LogP contribution in [-0.4, -0.2) is 40.0 Å². The molecule has 0 aliphatic rings. The fourth-order valence-electron chi connectivity index (χ4n) is 1.85. The molecular formula is C11H18N2O4S. The zero-order valence-corrected chi connectivity index (χ0v) is 11.5. The molecule has 1 heterocycles. The minimum Gasteiger partial charge on any atom is -0.480 e. The van der Waals surface area contributed by atoms with E-state index in [2.05, 4.69) is 4.98 Å². The number of hydrogen-bond acceptors (Lipinski definition) is 4. The summed E-state index contributed by atoms with van der Waals surface area (Å²) in [7, 11) is -3.66. The van der Waals surface area contributed by atoms with Gasteiger partial charge >= 0.3 is 5.97 Å². The van der Waals surface area contributed by atoms with Crippen molar-refractivity contribution in [3.8, 4) is 0 Å². The summed E-state index contributed by atoms with van der Waals surface area (Å²) in [6.45, 7) is 5.19. The van der Waals surface area contributed by atoms with Gasteiger partial charge in [0, 0.05) is 18.9 Å². The molecule has 6 nitrogen and oxygen atoms in total. The van der Waals surface area contributed by atoms with Gasteiger partial charge in [-0.05, 0) is 12.8 Å². The predicted molar refractivity (Wildman–Crippen MR) is 67.0 cm³/mol. The van der Waals surface area contributed by atoms with Crippen molar-refractivity contribution in [2.45, 2.75) is 32.6 Å². The number of sulfone groups is 1. The van der Waals surface area contributed by atoms with E-state index < -0.39 is 27.0 Å². The molecule has 102 valence electrons. The monoisotopic (exact) mass is 274 g/mol. The third-order valence-corrected chi connectivity index (χ3v) is 5.05. The van der Waals surface area contributed by atoms with Gasteiger partial charge < -0.3 is 9.67 Å². The van der Waals surface area contributed by atoms with Crippen LogP contribution in [0.5, 0.6) is 0 Å². The highest BCUT2D eigenvalue weighted by Crippen LogP contribution is 2.14. The quantitative estimate of drug-likeness (QED) is 0.825. The third-order valence-electron chi connectivity index (χ3n) is 2.78. The Kier molecular flexibility index (Phi) is 4.50. The number of carbonyl (C=O) groups is 1. The average Bonchev–Trinajstić information content (AvgIpc) is 2.59. The van der Waals surface area contributed by atoms with Crippen LogP contribution in [0.3, 0.4) is 0 Å². The largest absolute Gasteiger partial charge is 0.480 e. The fraction of sp³-hybridized carbons (Fsp3) is 0.636. The van der Waals surface area contributed by atoms with Crippen molar-refractivity contribution in [1.29, 1.82) is 0 Å². The summed E-state index contributed by atoms with van der Waals surface area (Å²) in [6, 6.07) is 0. The Labute approximate surface area is 107 Å². The van der Waals surface area contributed by atoms with Crippen LogP contribution in [0.4, 0.5) is 0 Å². The van der Waals surface area contributed by atoms with Crippen molar-refractivity contribution < 1.29 is 18.3 Å². The Hall–Kier alpha value is -1.37. The molecule has 7 heteroatoms. The highest BCUT2D eigenvalue weighted by molar-refractivity contribution is 7.92. The molecular weight excluding hydrogens is 256 g/mol. The molecule has 0 amide bonds. The van der Waals surface area contributed by atoms with Crippen LogP contribution in [0, 0.1) is 12.8 Å². The van der Waals surface area contributed by atoms with Crippen LogP contribution < -0.4 is 0 Å². The highest BCUT2D eigenvalue weighted by Gasteiger charge is 2.34. The maximum atomic E-state index is 12.0. The van der Waals surface area contributed by atoms with Crippen molar-refractivity contribution in [1.82, 2.24) is 9.55 Å². The number of aromatic nitrogens is 2. The van der Waals surface area contributed by atoms with Crippen LogP contribution in [-0.2, 0) is 21.2 Å². The van der Waals surface area contributed by atoms with E-state index in [-0.39, 0.29) is 12.3 Å². The molecule has 1 rings (SSSR count). The zero-order chi connectivity index (χ0) is 13.9. The van der Waals surface area contributed by atoms with E-state index >= 15 is 0 Å². The van der Waals surface area contributed by atoms with Crippen molar-refractivity contribution in [2.75, 3.05) is 5.75 Å². The van der Waals surface area contributed by atoms with Crippen LogP contribution in [0.15, 0.2) is 12.4 Å². The van der Waals surface area contributed by atoms with E-state index in [0.717, 1.165) is 0 Å². The molecule has 1 aromatic heterocycles. The Morgan fingerprint density at radius 3 is 2.50 bits per heavy atom. The number of rotatable bonds is 6. The van der Waals surface area contributed by atoms with Crippen molar-refractivity contribution in [3.05, 3.63) is 18.2 Å². The lowest BCUT2D eigenvalue weighted by Gasteiger charge is -2.17. The average molecular weight is 274 g/mol. The van der Waals surface area contributed by atoms with Gasteiger partial charge in [0.25, 0.3) is 0 Å². The van der Waals surface area contributed by atoms with E-state index in [4.69, 9.17) is 5.11 Å². The van der Waals surface area contributed by atoms with Gasteiger partial charge in [0.05, 0.1) is 5.75 Å². The molecule has 0 aliphatic carbocycles. The smallest absolute Gasteiger partial charge is 0.322 e. The molecule has 0 saturated heterocycles. The molecule has 0 fully saturated rings. The lowest BCUT2D eigenvalue weighted by atomic mass is 10.1. The summed E-state index contributed by atoms with van der Waals surface area (Å²) in [4.78, 5) is 15.0. The van der Waals surface area contributed by atoms with E-state index in [9.17, 15) is 13.2 Å². The lowest BCUT2D eigenvalue weighted by molar-refractivity contribution is -0.137. The van der Waals surface area contributed by atoms with Gasteiger partial charge in [-0.15, -0.1) is 0 Å². The van der Waals surface area contributed by atoms with Crippen LogP contribution in [0.2, 0.25) is 0 Å². The Balaban J connectivity index is 2.81. The molecule has 1 atom stereocenters. The molecule has 0 bridgehead atoms. The standard InChI is InChI=1S/C11H18N2O4S/c1-8(2)10(11(14)15)18(16,17)7-6-13-5-4-12-9(13)3/h4-5,8,10H,6-7H2,1-3H3,(H,14,15). The molecule has 0 aromatic carbocycles. The second-order valence-corrected chi connectivity index (χ2v) is 6.78. The van der Waals surface area contributed by atoms with E-state index in [0.29, 0.717) is 5.82 Å². The first-order valence-corrected chi connectivity index (χ1v) is 7.39. The predicted octanol–water partition coefficient (Wildman–Crippen LogP) is 0.716. The Bertz CT molecular complexity index is 519. The van der Waals surface area contributed by atoms with Crippen LogP contribution >= 0.6 is 0 Å². The van der Waals surface area contributed by atoms with Gasteiger partial charge in [0.2, 0.25) is 0 Å².